The molecule has 0 saturated carbocycles. The Bertz CT molecular complexity index is 449. The average molecular weight is 228 g/mol. The van der Waals surface area contributed by atoms with Crippen LogP contribution in [0.25, 0.3) is 0 Å². The molecule has 1 heterocycles. The Labute approximate surface area is 93.7 Å². The van der Waals surface area contributed by atoms with Gasteiger partial charge in [0.15, 0.2) is 0 Å². The number of hydrogen-bond donors (Lipinski definition) is 0. The predicted molar refractivity (Wildman–Crippen MR) is 60.4 cm³/mol. The third-order valence-electron chi connectivity index (χ3n) is 2.46. The van der Waals surface area contributed by atoms with E-state index in [1.807, 2.05) is 26.8 Å². The number of carbonyl (C=O) groups excluding carboxylic acids is 1. The van der Waals surface area contributed by atoms with Gasteiger partial charge in [-0.05, 0) is 44.0 Å². The molecular weight excluding hydrogens is 214 g/mol. The lowest BCUT2D eigenvalue weighted by atomic mass is 10.1. The van der Waals surface area contributed by atoms with E-state index >= 15 is 0 Å². The molecule has 0 saturated heterocycles. The summed E-state index contributed by atoms with van der Waals surface area (Å²) in [6.45, 7) is 6.21. The predicted octanol–water partition coefficient (Wildman–Crippen LogP) is 1.79. The lowest BCUT2D eigenvalue weighted by Crippen LogP contribution is -2.27. The van der Waals surface area contributed by atoms with Crippen molar-refractivity contribution in [2.24, 2.45) is 0 Å². The van der Waals surface area contributed by atoms with Crippen molar-refractivity contribution in [1.82, 2.24) is 4.57 Å². The number of nitrogens with zero attached hydrogens (tertiary/aromatic N) is 1. The Morgan fingerprint density at radius 2 is 2.07 bits per heavy atom. The zero-order chi connectivity index (χ0) is 11.6. The smallest absolute Gasteiger partial charge is 0.254 e. The minimum Gasteiger partial charge on any atom is -0.313 e. The van der Waals surface area contributed by atoms with E-state index < -0.39 is 5.24 Å². The van der Waals surface area contributed by atoms with Crippen LogP contribution in [0.3, 0.4) is 0 Å². The number of aromatic nitrogens is 1. The molecule has 0 spiro atoms. The van der Waals surface area contributed by atoms with E-state index in [1.165, 1.54) is 0 Å². The molecule has 0 N–H and O–H groups in total. The number of rotatable bonds is 3. The summed E-state index contributed by atoms with van der Waals surface area (Å²) in [6, 6.07) is 1.90. The lowest BCUT2D eigenvalue weighted by Gasteiger charge is -2.11. The van der Waals surface area contributed by atoms with Gasteiger partial charge in [0.05, 0.1) is 6.42 Å². The molecule has 0 radical (unpaired) electrons. The Morgan fingerprint density at radius 1 is 1.47 bits per heavy atom. The number of aryl methyl sites for hydroxylation is 2. The molecule has 1 aromatic rings. The van der Waals surface area contributed by atoms with Gasteiger partial charge < -0.3 is 4.57 Å². The molecule has 0 atom stereocenters. The van der Waals surface area contributed by atoms with Gasteiger partial charge in [-0.25, -0.2) is 0 Å². The van der Waals surface area contributed by atoms with Crippen molar-refractivity contribution in [3.63, 3.8) is 0 Å². The summed E-state index contributed by atoms with van der Waals surface area (Å²) in [7, 11) is 0. The van der Waals surface area contributed by atoms with Crippen LogP contribution in [0.15, 0.2) is 10.9 Å². The first kappa shape index (κ1) is 12.0. The monoisotopic (exact) mass is 227 g/mol. The molecule has 0 aromatic carbocycles. The SMILES string of the molecule is CCn1c(C)cc(C)c(CC(=O)Cl)c1=O. The summed E-state index contributed by atoms with van der Waals surface area (Å²) in [6.07, 6.45) is 0.00645. The Kier molecular flexibility index (Phi) is 3.69. The quantitative estimate of drug-likeness (QED) is 0.739. The number of carbonyl (C=O) groups is 1. The molecule has 0 bridgehead atoms. The highest BCUT2D eigenvalue weighted by molar-refractivity contribution is 6.63. The molecule has 1 rings (SSSR count). The van der Waals surface area contributed by atoms with Crippen molar-refractivity contribution in [1.29, 1.82) is 0 Å². The maximum Gasteiger partial charge on any atom is 0.254 e. The molecule has 15 heavy (non-hydrogen) atoms. The van der Waals surface area contributed by atoms with E-state index in [0.717, 1.165) is 11.3 Å². The van der Waals surface area contributed by atoms with E-state index in [4.69, 9.17) is 11.6 Å². The summed E-state index contributed by atoms with van der Waals surface area (Å²) in [4.78, 5) is 22.7. The number of hydrogen-bond acceptors (Lipinski definition) is 2. The van der Waals surface area contributed by atoms with Crippen molar-refractivity contribution in [3.8, 4) is 0 Å². The van der Waals surface area contributed by atoms with Gasteiger partial charge in [0.2, 0.25) is 5.24 Å². The van der Waals surface area contributed by atoms with Crippen molar-refractivity contribution < 1.29 is 4.79 Å². The Balaban J connectivity index is 3.39. The topological polar surface area (TPSA) is 39.1 Å². The Hall–Kier alpha value is -1.09. The van der Waals surface area contributed by atoms with E-state index in [-0.39, 0.29) is 12.0 Å². The molecule has 1 aromatic heterocycles. The van der Waals surface area contributed by atoms with Crippen LogP contribution >= 0.6 is 11.6 Å². The third kappa shape index (κ3) is 2.48. The van der Waals surface area contributed by atoms with Crippen LogP contribution < -0.4 is 5.56 Å². The van der Waals surface area contributed by atoms with Gasteiger partial charge in [-0.3, -0.25) is 9.59 Å². The lowest BCUT2D eigenvalue weighted by molar-refractivity contribution is -0.111. The highest BCUT2D eigenvalue weighted by Crippen LogP contribution is 2.08. The molecule has 0 aliphatic rings. The fourth-order valence-corrected chi connectivity index (χ4v) is 1.85. The van der Waals surface area contributed by atoms with Crippen LogP contribution in [0.1, 0.15) is 23.7 Å². The number of pyridine rings is 1. The minimum atomic E-state index is -0.498. The summed E-state index contributed by atoms with van der Waals surface area (Å²) >= 11 is 5.30. The van der Waals surface area contributed by atoms with Crippen LogP contribution in [-0.2, 0) is 17.8 Å². The van der Waals surface area contributed by atoms with Crippen LogP contribution in [-0.4, -0.2) is 9.81 Å². The van der Waals surface area contributed by atoms with Crippen molar-refractivity contribution in [3.05, 3.63) is 33.2 Å². The first-order valence-corrected chi connectivity index (χ1v) is 5.23. The van der Waals surface area contributed by atoms with Gasteiger partial charge in [-0.2, -0.15) is 0 Å². The van der Waals surface area contributed by atoms with Crippen LogP contribution in [0, 0.1) is 13.8 Å². The normalized spacial score (nSPS) is 10.4. The second-order valence-corrected chi connectivity index (χ2v) is 3.95. The van der Waals surface area contributed by atoms with Gasteiger partial charge in [0.1, 0.15) is 0 Å². The molecule has 0 aliphatic carbocycles. The van der Waals surface area contributed by atoms with Gasteiger partial charge in [0, 0.05) is 17.8 Å². The molecule has 0 amide bonds. The highest BCUT2D eigenvalue weighted by atomic mass is 35.5. The van der Waals surface area contributed by atoms with E-state index in [0.29, 0.717) is 12.1 Å². The maximum atomic E-state index is 11.9. The maximum absolute atomic E-state index is 11.9. The zero-order valence-corrected chi connectivity index (χ0v) is 9.89. The van der Waals surface area contributed by atoms with Crippen molar-refractivity contribution >= 4 is 16.8 Å². The largest absolute Gasteiger partial charge is 0.313 e. The zero-order valence-electron chi connectivity index (χ0n) is 9.13. The molecule has 0 unspecified atom stereocenters. The fraction of sp³-hybridized carbons (Fsp3) is 0.455. The summed E-state index contributed by atoms with van der Waals surface area (Å²) < 4.78 is 1.64. The third-order valence-corrected chi connectivity index (χ3v) is 2.60. The van der Waals surface area contributed by atoms with E-state index in [1.54, 1.807) is 4.57 Å². The molecule has 4 heteroatoms. The molecule has 0 fully saturated rings. The first-order chi connectivity index (χ1) is 6.97. The summed E-state index contributed by atoms with van der Waals surface area (Å²) in [5.41, 5.74) is 2.13. The number of halogens is 1. The average Bonchev–Trinajstić information content (AvgIpc) is 2.12. The minimum absolute atomic E-state index is 0.00645. The van der Waals surface area contributed by atoms with Gasteiger partial charge >= 0.3 is 0 Å². The van der Waals surface area contributed by atoms with E-state index in [9.17, 15) is 9.59 Å². The first-order valence-electron chi connectivity index (χ1n) is 4.85. The summed E-state index contributed by atoms with van der Waals surface area (Å²) in [5, 5.41) is -0.498. The van der Waals surface area contributed by atoms with Crippen molar-refractivity contribution in [2.75, 3.05) is 0 Å². The second-order valence-electron chi connectivity index (χ2n) is 3.53. The standard InChI is InChI=1S/C11H14ClNO2/c1-4-13-8(3)5-7(2)9(11(13)15)6-10(12)14/h5H,4,6H2,1-3H3. The fourth-order valence-electron chi connectivity index (χ4n) is 1.72. The van der Waals surface area contributed by atoms with E-state index in [2.05, 4.69) is 0 Å². The van der Waals surface area contributed by atoms with Gasteiger partial charge in [0.25, 0.3) is 5.56 Å². The second kappa shape index (κ2) is 4.62. The highest BCUT2D eigenvalue weighted by Gasteiger charge is 2.11. The van der Waals surface area contributed by atoms with Crippen LogP contribution in [0.5, 0.6) is 0 Å². The van der Waals surface area contributed by atoms with Gasteiger partial charge in [-0.1, -0.05) is 0 Å². The van der Waals surface area contributed by atoms with Crippen LogP contribution in [0.2, 0.25) is 0 Å². The summed E-state index contributed by atoms with van der Waals surface area (Å²) in [5.74, 6) is 0. The molecule has 82 valence electrons. The van der Waals surface area contributed by atoms with Crippen LogP contribution in [0.4, 0.5) is 0 Å². The Morgan fingerprint density at radius 3 is 2.53 bits per heavy atom. The molecular formula is C11H14ClNO2. The molecule has 3 nitrogen and oxygen atoms in total. The van der Waals surface area contributed by atoms with Gasteiger partial charge in [-0.15, -0.1) is 0 Å². The van der Waals surface area contributed by atoms with Crippen molar-refractivity contribution in [2.45, 2.75) is 33.7 Å². The molecule has 0 aliphatic heterocycles.